The van der Waals surface area contributed by atoms with Gasteiger partial charge in [-0.2, -0.15) is 0 Å². The second-order valence-corrected chi connectivity index (χ2v) is 4.45. The molecule has 0 radical (unpaired) electrons. The number of rotatable bonds is 3. The van der Waals surface area contributed by atoms with Gasteiger partial charge in [-0.3, -0.25) is 4.98 Å². The third-order valence-electron chi connectivity index (χ3n) is 1.96. The summed E-state index contributed by atoms with van der Waals surface area (Å²) in [7, 11) is 0. The summed E-state index contributed by atoms with van der Waals surface area (Å²) in [5, 5.41) is 11.7. The van der Waals surface area contributed by atoms with E-state index in [4.69, 9.17) is 10.9 Å². The summed E-state index contributed by atoms with van der Waals surface area (Å²) in [5.74, 6) is 1.06. The van der Waals surface area contributed by atoms with Crippen LogP contribution in [0.3, 0.4) is 0 Å². The van der Waals surface area contributed by atoms with Crippen LogP contribution < -0.4 is 5.73 Å². The van der Waals surface area contributed by atoms with E-state index in [0.29, 0.717) is 0 Å². The number of nitrogens with zero attached hydrogens (tertiary/aromatic N) is 2. The SMILES string of the molecule is CCSc1cc(C)nc(C)c1/C(N)=N/O. The van der Waals surface area contributed by atoms with E-state index in [-0.39, 0.29) is 5.84 Å². The highest BCUT2D eigenvalue weighted by molar-refractivity contribution is 7.99. The molecule has 82 valence electrons. The van der Waals surface area contributed by atoms with Gasteiger partial charge in [0.15, 0.2) is 5.84 Å². The zero-order chi connectivity index (χ0) is 11.4. The van der Waals surface area contributed by atoms with Crippen LogP contribution in [0, 0.1) is 13.8 Å². The predicted octanol–water partition coefficient (Wildman–Crippen LogP) is 1.90. The minimum absolute atomic E-state index is 0.121. The Morgan fingerprint density at radius 3 is 2.80 bits per heavy atom. The predicted molar refractivity (Wildman–Crippen MR) is 62.6 cm³/mol. The van der Waals surface area contributed by atoms with E-state index >= 15 is 0 Å². The van der Waals surface area contributed by atoms with Gasteiger partial charge in [0.05, 0.1) is 5.56 Å². The van der Waals surface area contributed by atoms with Crippen molar-refractivity contribution in [2.24, 2.45) is 10.9 Å². The van der Waals surface area contributed by atoms with Crippen LogP contribution >= 0.6 is 11.8 Å². The number of amidine groups is 1. The van der Waals surface area contributed by atoms with Crippen LogP contribution in [0.25, 0.3) is 0 Å². The van der Waals surface area contributed by atoms with Crippen molar-refractivity contribution in [3.8, 4) is 0 Å². The Kier molecular flexibility index (Phi) is 3.96. The molecule has 5 heteroatoms. The van der Waals surface area contributed by atoms with Gasteiger partial charge in [-0.25, -0.2) is 0 Å². The number of pyridine rings is 1. The van der Waals surface area contributed by atoms with Gasteiger partial charge < -0.3 is 10.9 Å². The van der Waals surface area contributed by atoms with Crippen molar-refractivity contribution < 1.29 is 5.21 Å². The van der Waals surface area contributed by atoms with Gasteiger partial charge in [0.2, 0.25) is 0 Å². The zero-order valence-corrected chi connectivity index (χ0v) is 9.93. The van der Waals surface area contributed by atoms with Gasteiger partial charge in [-0.15, -0.1) is 11.8 Å². The zero-order valence-electron chi connectivity index (χ0n) is 9.11. The van der Waals surface area contributed by atoms with Crippen LogP contribution in [0.1, 0.15) is 23.9 Å². The number of aromatic nitrogens is 1. The van der Waals surface area contributed by atoms with Gasteiger partial charge in [-0.05, 0) is 25.7 Å². The first-order valence-corrected chi connectivity index (χ1v) is 5.67. The Morgan fingerprint density at radius 1 is 1.60 bits per heavy atom. The third-order valence-corrected chi connectivity index (χ3v) is 2.88. The topological polar surface area (TPSA) is 71.5 Å². The summed E-state index contributed by atoms with van der Waals surface area (Å²) in [6, 6.07) is 1.95. The molecule has 0 aliphatic heterocycles. The standard InChI is InChI=1S/C10H15N3OS/c1-4-15-8-5-6(2)12-7(3)9(8)10(11)13-14/h5,14H,4H2,1-3H3,(H2,11,13). The normalized spacial score (nSPS) is 11.8. The van der Waals surface area contributed by atoms with E-state index < -0.39 is 0 Å². The molecule has 0 fully saturated rings. The molecule has 1 aromatic rings. The summed E-state index contributed by atoms with van der Waals surface area (Å²) < 4.78 is 0. The van der Waals surface area contributed by atoms with E-state index in [1.165, 1.54) is 0 Å². The van der Waals surface area contributed by atoms with E-state index in [2.05, 4.69) is 17.1 Å². The van der Waals surface area contributed by atoms with Crippen molar-refractivity contribution in [3.63, 3.8) is 0 Å². The number of aryl methyl sites for hydroxylation is 2. The minimum atomic E-state index is 0.121. The van der Waals surface area contributed by atoms with Gasteiger partial charge >= 0.3 is 0 Å². The molecule has 0 amide bonds. The third kappa shape index (κ3) is 2.62. The number of nitrogens with two attached hydrogens (primary N) is 1. The van der Waals surface area contributed by atoms with Crippen molar-refractivity contribution in [2.75, 3.05) is 5.75 Å². The quantitative estimate of drug-likeness (QED) is 0.271. The molecule has 1 heterocycles. The Labute approximate surface area is 93.6 Å². The first-order chi connectivity index (χ1) is 7.10. The Morgan fingerprint density at radius 2 is 2.27 bits per heavy atom. The molecule has 1 aromatic heterocycles. The fourth-order valence-corrected chi connectivity index (χ4v) is 2.39. The van der Waals surface area contributed by atoms with Crippen molar-refractivity contribution in [2.45, 2.75) is 25.7 Å². The van der Waals surface area contributed by atoms with Gasteiger partial charge in [0, 0.05) is 16.3 Å². The van der Waals surface area contributed by atoms with Gasteiger partial charge in [-0.1, -0.05) is 12.1 Å². The van der Waals surface area contributed by atoms with Crippen molar-refractivity contribution >= 4 is 17.6 Å². The van der Waals surface area contributed by atoms with Gasteiger partial charge in [0.1, 0.15) is 0 Å². The fourth-order valence-electron chi connectivity index (χ4n) is 1.42. The molecule has 0 aromatic carbocycles. The van der Waals surface area contributed by atoms with Crippen LogP contribution in [-0.2, 0) is 0 Å². The van der Waals surface area contributed by atoms with Crippen LogP contribution in [0.4, 0.5) is 0 Å². The molecule has 0 unspecified atom stereocenters. The molecular formula is C10H15N3OS. The van der Waals surface area contributed by atoms with E-state index in [0.717, 1.165) is 27.6 Å². The Hall–Kier alpha value is -1.23. The lowest BCUT2D eigenvalue weighted by molar-refractivity contribution is 0.318. The van der Waals surface area contributed by atoms with Crippen molar-refractivity contribution in [1.29, 1.82) is 0 Å². The Balaban J connectivity index is 3.33. The summed E-state index contributed by atoms with van der Waals surface area (Å²) in [5.41, 5.74) is 8.09. The Bertz CT molecular complexity index is 390. The summed E-state index contributed by atoms with van der Waals surface area (Å²) in [6.45, 7) is 5.86. The number of oxime groups is 1. The largest absolute Gasteiger partial charge is 0.409 e. The first kappa shape index (κ1) is 11.8. The molecule has 0 atom stereocenters. The van der Waals surface area contributed by atoms with Gasteiger partial charge in [0.25, 0.3) is 0 Å². The molecule has 0 saturated carbocycles. The maximum absolute atomic E-state index is 8.70. The van der Waals surface area contributed by atoms with E-state index in [1.54, 1.807) is 11.8 Å². The fraction of sp³-hybridized carbons (Fsp3) is 0.400. The lowest BCUT2D eigenvalue weighted by Gasteiger charge is -2.10. The lowest BCUT2D eigenvalue weighted by atomic mass is 10.1. The maximum Gasteiger partial charge on any atom is 0.173 e. The van der Waals surface area contributed by atoms with E-state index in [1.807, 2.05) is 19.9 Å². The number of hydrogen-bond acceptors (Lipinski definition) is 4. The smallest absolute Gasteiger partial charge is 0.173 e. The van der Waals surface area contributed by atoms with E-state index in [9.17, 15) is 0 Å². The maximum atomic E-state index is 8.70. The van der Waals surface area contributed by atoms with Crippen molar-refractivity contribution in [1.82, 2.24) is 4.98 Å². The average Bonchev–Trinajstić information content (AvgIpc) is 2.16. The minimum Gasteiger partial charge on any atom is -0.409 e. The second kappa shape index (κ2) is 5.02. The molecule has 0 aliphatic rings. The average molecular weight is 225 g/mol. The molecule has 0 saturated heterocycles. The highest BCUT2D eigenvalue weighted by Gasteiger charge is 2.12. The van der Waals surface area contributed by atoms with Crippen LogP contribution in [0.15, 0.2) is 16.1 Å². The molecule has 3 N–H and O–H groups in total. The monoisotopic (exact) mass is 225 g/mol. The molecule has 1 rings (SSSR count). The summed E-state index contributed by atoms with van der Waals surface area (Å²) in [6.07, 6.45) is 0. The molecule has 0 spiro atoms. The molecule has 4 nitrogen and oxygen atoms in total. The number of hydrogen-bond donors (Lipinski definition) is 2. The second-order valence-electron chi connectivity index (χ2n) is 3.14. The molecule has 15 heavy (non-hydrogen) atoms. The molecule has 0 aliphatic carbocycles. The van der Waals surface area contributed by atoms with Crippen LogP contribution in [0.2, 0.25) is 0 Å². The first-order valence-electron chi connectivity index (χ1n) is 4.69. The highest BCUT2D eigenvalue weighted by atomic mass is 32.2. The summed E-state index contributed by atoms with van der Waals surface area (Å²) >= 11 is 1.66. The lowest BCUT2D eigenvalue weighted by Crippen LogP contribution is -2.17. The summed E-state index contributed by atoms with van der Waals surface area (Å²) in [4.78, 5) is 5.31. The molecular weight excluding hydrogens is 210 g/mol. The van der Waals surface area contributed by atoms with Crippen LogP contribution in [0.5, 0.6) is 0 Å². The van der Waals surface area contributed by atoms with Crippen LogP contribution in [-0.4, -0.2) is 21.8 Å². The molecule has 0 bridgehead atoms. The van der Waals surface area contributed by atoms with Crippen molar-refractivity contribution in [3.05, 3.63) is 23.0 Å². The number of thioether (sulfide) groups is 1. The highest BCUT2D eigenvalue weighted by Crippen LogP contribution is 2.25.